The van der Waals surface area contributed by atoms with Crippen LogP contribution in [-0.2, 0) is 14.3 Å². The summed E-state index contributed by atoms with van der Waals surface area (Å²) in [6.45, 7) is 0.394. The minimum absolute atomic E-state index is 0.0521. The van der Waals surface area contributed by atoms with Crippen molar-refractivity contribution in [3.63, 3.8) is 0 Å². The number of ether oxygens (including phenoxy) is 1. The third kappa shape index (κ3) is 3.74. The van der Waals surface area contributed by atoms with Crippen molar-refractivity contribution in [2.75, 3.05) is 13.7 Å². The Labute approximate surface area is 137 Å². The lowest BCUT2D eigenvalue weighted by molar-refractivity contribution is -0.138. The third-order valence-corrected chi connectivity index (χ3v) is 5.25. The standard InChI is InChI=1S/C19H25NO3/c1-20(18(21)11-14-12-19(22)23-13-14)17-10-6-5-9-16(17)15-7-3-2-4-8-15/h2-4,7-8,14,16-17H,5-6,9-13H2,1H3/t14-,16-,17-/m0/s1. The summed E-state index contributed by atoms with van der Waals surface area (Å²) < 4.78 is 4.97. The Balaban J connectivity index is 1.67. The fourth-order valence-electron chi connectivity index (χ4n) is 3.94. The van der Waals surface area contributed by atoms with Crippen LogP contribution in [0.25, 0.3) is 0 Å². The maximum atomic E-state index is 12.6. The van der Waals surface area contributed by atoms with E-state index in [1.165, 1.54) is 18.4 Å². The van der Waals surface area contributed by atoms with Crippen LogP contribution in [-0.4, -0.2) is 36.5 Å². The second-order valence-electron chi connectivity index (χ2n) is 6.83. The van der Waals surface area contributed by atoms with Gasteiger partial charge in [0.2, 0.25) is 5.91 Å². The summed E-state index contributed by atoms with van der Waals surface area (Å²) >= 11 is 0. The normalized spacial score (nSPS) is 27.5. The highest BCUT2D eigenvalue weighted by atomic mass is 16.5. The molecule has 0 N–H and O–H groups in total. The molecule has 0 spiro atoms. The predicted octanol–water partition coefficient (Wildman–Crippen LogP) is 3.12. The Kier molecular flexibility index (Phi) is 4.99. The van der Waals surface area contributed by atoms with Crippen molar-refractivity contribution in [2.24, 2.45) is 5.92 Å². The maximum Gasteiger partial charge on any atom is 0.306 e. The van der Waals surface area contributed by atoms with Crippen LogP contribution in [0, 0.1) is 5.92 Å². The van der Waals surface area contributed by atoms with Gasteiger partial charge in [0.05, 0.1) is 13.0 Å². The van der Waals surface area contributed by atoms with Crippen molar-refractivity contribution in [3.05, 3.63) is 35.9 Å². The monoisotopic (exact) mass is 315 g/mol. The van der Waals surface area contributed by atoms with Gasteiger partial charge in [0, 0.05) is 31.3 Å². The van der Waals surface area contributed by atoms with Crippen molar-refractivity contribution in [1.29, 1.82) is 0 Å². The van der Waals surface area contributed by atoms with Gasteiger partial charge < -0.3 is 9.64 Å². The number of esters is 1. The van der Waals surface area contributed by atoms with Crippen molar-refractivity contribution in [2.45, 2.75) is 50.5 Å². The molecule has 1 heterocycles. The van der Waals surface area contributed by atoms with Gasteiger partial charge in [-0.2, -0.15) is 0 Å². The van der Waals surface area contributed by atoms with E-state index in [4.69, 9.17) is 4.74 Å². The number of carbonyl (C=O) groups is 2. The average molecular weight is 315 g/mol. The SMILES string of the molecule is CN(C(=O)C[C@@H]1COC(=O)C1)[C@H]1CCCC[C@H]1c1ccccc1. The molecular formula is C19H25NO3. The average Bonchev–Trinajstić information content (AvgIpc) is 3.00. The molecule has 0 unspecified atom stereocenters. The van der Waals surface area contributed by atoms with E-state index in [2.05, 4.69) is 24.3 Å². The zero-order valence-electron chi connectivity index (χ0n) is 13.7. The molecule has 2 aliphatic rings. The lowest BCUT2D eigenvalue weighted by Crippen LogP contribution is -2.43. The van der Waals surface area contributed by atoms with E-state index >= 15 is 0 Å². The van der Waals surface area contributed by atoms with Crippen LogP contribution in [0.1, 0.15) is 50.0 Å². The molecule has 3 rings (SSSR count). The smallest absolute Gasteiger partial charge is 0.306 e. The summed E-state index contributed by atoms with van der Waals surface area (Å²) in [4.78, 5) is 25.8. The summed E-state index contributed by atoms with van der Waals surface area (Å²) in [5.41, 5.74) is 1.33. The molecule has 4 heteroatoms. The molecule has 1 aliphatic heterocycles. The van der Waals surface area contributed by atoms with Crippen molar-refractivity contribution < 1.29 is 14.3 Å². The van der Waals surface area contributed by atoms with Gasteiger partial charge in [0.1, 0.15) is 0 Å². The van der Waals surface area contributed by atoms with E-state index in [-0.39, 0.29) is 23.8 Å². The Bertz CT molecular complexity index is 557. The largest absolute Gasteiger partial charge is 0.465 e. The zero-order chi connectivity index (χ0) is 16.2. The molecule has 0 aromatic heterocycles. The molecule has 2 fully saturated rings. The van der Waals surface area contributed by atoms with E-state index < -0.39 is 0 Å². The predicted molar refractivity (Wildman–Crippen MR) is 87.9 cm³/mol. The number of rotatable bonds is 4. The topological polar surface area (TPSA) is 46.6 Å². The number of likely N-dealkylation sites (N-methyl/N-ethyl adjacent to an activating group) is 1. The molecule has 4 nitrogen and oxygen atoms in total. The minimum Gasteiger partial charge on any atom is -0.465 e. The number of cyclic esters (lactones) is 1. The lowest BCUT2D eigenvalue weighted by Gasteiger charge is -2.38. The lowest BCUT2D eigenvalue weighted by atomic mass is 9.79. The number of hydrogen-bond donors (Lipinski definition) is 0. The maximum absolute atomic E-state index is 12.6. The molecule has 3 atom stereocenters. The fraction of sp³-hybridized carbons (Fsp3) is 0.579. The molecule has 1 aromatic carbocycles. The summed E-state index contributed by atoms with van der Waals surface area (Å²) in [6.07, 6.45) is 5.39. The summed E-state index contributed by atoms with van der Waals surface area (Å²) in [6, 6.07) is 10.8. The first-order valence-electron chi connectivity index (χ1n) is 8.61. The van der Waals surface area contributed by atoms with Gasteiger partial charge in [-0.3, -0.25) is 9.59 Å². The molecular weight excluding hydrogens is 290 g/mol. The van der Waals surface area contributed by atoms with Crippen molar-refractivity contribution >= 4 is 11.9 Å². The van der Waals surface area contributed by atoms with Crippen LogP contribution in [0.2, 0.25) is 0 Å². The van der Waals surface area contributed by atoms with Crippen molar-refractivity contribution in [1.82, 2.24) is 4.90 Å². The number of amides is 1. The van der Waals surface area contributed by atoms with E-state index in [1.807, 2.05) is 18.0 Å². The number of hydrogen-bond acceptors (Lipinski definition) is 3. The zero-order valence-corrected chi connectivity index (χ0v) is 13.7. The molecule has 1 saturated carbocycles. The van der Waals surface area contributed by atoms with Gasteiger partial charge in [-0.25, -0.2) is 0 Å². The molecule has 0 radical (unpaired) electrons. The van der Waals surface area contributed by atoms with Gasteiger partial charge >= 0.3 is 5.97 Å². The van der Waals surface area contributed by atoms with Crippen LogP contribution < -0.4 is 0 Å². The van der Waals surface area contributed by atoms with Crippen LogP contribution in [0.5, 0.6) is 0 Å². The van der Waals surface area contributed by atoms with Crippen LogP contribution in [0.3, 0.4) is 0 Å². The van der Waals surface area contributed by atoms with E-state index in [9.17, 15) is 9.59 Å². The minimum atomic E-state index is -0.176. The van der Waals surface area contributed by atoms with Gasteiger partial charge in [-0.1, -0.05) is 43.2 Å². The Morgan fingerprint density at radius 1 is 1.22 bits per heavy atom. The van der Waals surface area contributed by atoms with Crippen LogP contribution >= 0.6 is 0 Å². The molecule has 1 aliphatic carbocycles. The second-order valence-corrected chi connectivity index (χ2v) is 6.83. The molecule has 1 aromatic rings. The Morgan fingerprint density at radius 3 is 2.65 bits per heavy atom. The van der Waals surface area contributed by atoms with E-state index in [0.717, 1.165) is 12.8 Å². The first kappa shape index (κ1) is 16.0. The fourth-order valence-corrected chi connectivity index (χ4v) is 3.94. The summed E-state index contributed by atoms with van der Waals surface area (Å²) in [5.74, 6) is 0.433. The van der Waals surface area contributed by atoms with Crippen LogP contribution in [0.4, 0.5) is 0 Å². The molecule has 1 amide bonds. The molecule has 1 saturated heterocycles. The third-order valence-electron chi connectivity index (χ3n) is 5.25. The van der Waals surface area contributed by atoms with Gasteiger partial charge in [-0.05, 0) is 18.4 Å². The Morgan fingerprint density at radius 2 is 1.96 bits per heavy atom. The van der Waals surface area contributed by atoms with Gasteiger partial charge in [-0.15, -0.1) is 0 Å². The Hall–Kier alpha value is -1.84. The highest BCUT2D eigenvalue weighted by Crippen LogP contribution is 2.36. The summed E-state index contributed by atoms with van der Waals surface area (Å²) in [7, 11) is 1.92. The van der Waals surface area contributed by atoms with Gasteiger partial charge in [0.15, 0.2) is 0 Å². The summed E-state index contributed by atoms with van der Waals surface area (Å²) in [5, 5.41) is 0. The number of nitrogens with zero attached hydrogens (tertiary/aromatic N) is 1. The number of carbonyl (C=O) groups excluding carboxylic acids is 2. The number of benzene rings is 1. The molecule has 0 bridgehead atoms. The molecule has 23 heavy (non-hydrogen) atoms. The van der Waals surface area contributed by atoms with E-state index in [1.54, 1.807) is 0 Å². The highest BCUT2D eigenvalue weighted by Gasteiger charge is 2.34. The molecule has 124 valence electrons. The quantitative estimate of drug-likeness (QED) is 0.802. The van der Waals surface area contributed by atoms with Crippen molar-refractivity contribution in [3.8, 4) is 0 Å². The highest BCUT2D eigenvalue weighted by molar-refractivity contribution is 5.78. The first-order chi connectivity index (χ1) is 11.1. The first-order valence-corrected chi connectivity index (χ1v) is 8.61. The van der Waals surface area contributed by atoms with Crippen LogP contribution in [0.15, 0.2) is 30.3 Å². The van der Waals surface area contributed by atoms with E-state index in [0.29, 0.717) is 25.4 Å². The second kappa shape index (κ2) is 7.16. The van der Waals surface area contributed by atoms with Gasteiger partial charge in [0.25, 0.3) is 0 Å².